The molecule has 2 amide bonds. The zero-order valence-electron chi connectivity index (χ0n) is 18.0. The van der Waals surface area contributed by atoms with E-state index in [9.17, 15) is 14.4 Å². The number of ether oxygens (including phenoxy) is 1. The zero-order chi connectivity index (χ0) is 23.8. The molecule has 8 nitrogen and oxygen atoms in total. The number of hydrogen-bond donors (Lipinski definition) is 2. The van der Waals surface area contributed by atoms with E-state index < -0.39 is 17.8 Å². The first-order valence-electron chi connectivity index (χ1n) is 9.91. The second-order valence-corrected chi connectivity index (χ2v) is 7.06. The Labute approximate surface area is 190 Å². The summed E-state index contributed by atoms with van der Waals surface area (Å²) in [6.45, 7) is 3.55. The van der Waals surface area contributed by atoms with Gasteiger partial charge < -0.3 is 10.1 Å². The van der Waals surface area contributed by atoms with Crippen molar-refractivity contribution in [1.82, 2.24) is 5.43 Å². The van der Waals surface area contributed by atoms with Gasteiger partial charge in [-0.05, 0) is 80.1 Å². The van der Waals surface area contributed by atoms with E-state index in [4.69, 9.17) is 10.00 Å². The highest BCUT2D eigenvalue weighted by atomic mass is 16.5. The van der Waals surface area contributed by atoms with E-state index >= 15 is 0 Å². The second-order valence-electron chi connectivity index (χ2n) is 7.06. The number of carbonyl (C=O) groups excluding carboxylic acids is 3. The first-order valence-corrected chi connectivity index (χ1v) is 9.91. The van der Waals surface area contributed by atoms with Crippen LogP contribution >= 0.6 is 0 Å². The van der Waals surface area contributed by atoms with Crippen LogP contribution < -0.4 is 15.5 Å². The van der Waals surface area contributed by atoms with E-state index in [1.54, 1.807) is 49.4 Å². The third-order valence-corrected chi connectivity index (χ3v) is 4.54. The molecule has 33 heavy (non-hydrogen) atoms. The lowest BCUT2D eigenvalue weighted by atomic mass is 10.1. The van der Waals surface area contributed by atoms with Crippen molar-refractivity contribution in [2.75, 3.05) is 5.32 Å². The molecule has 0 saturated carbocycles. The molecule has 3 aromatic rings. The average Bonchev–Trinajstić information content (AvgIpc) is 2.83. The maximum Gasteiger partial charge on any atom is 0.343 e. The number of hydrogen-bond acceptors (Lipinski definition) is 6. The fourth-order valence-electron chi connectivity index (χ4n) is 2.77. The van der Waals surface area contributed by atoms with Gasteiger partial charge in [0.25, 0.3) is 0 Å². The van der Waals surface area contributed by atoms with Crippen LogP contribution in [0.2, 0.25) is 0 Å². The molecule has 0 bridgehead atoms. The highest BCUT2D eigenvalue weighted by molar-refractivity contribution is 6.39. The number of esters is 1. The molecule has 0 unspecified atom stereocenters. The second kappa shape index (κ2) is 10.5. The number of hydrazone groups is 1. The number of anilines is 1. The summed E-state index contributed by atoms with van der Waals surface area (Å²) in [6.07, 6.45) is 0. The van der Waals surface area contributed by atoms with Crippen molar-refractivity contribution in [3.63, 3.8) is 0 Å². The van der Waals surface area contributed by atoms with Crippen LogP contribution in [0.25, 0.3) is 0 Å². The summed E-state index contributed by atoms with van der Waals surface area (Å²) in [6, 6.07) is 21.7. The molecule has 0 saturated heterocycles. The molecule has 8 heteroatoms. The van der Waals surface area contributed by atoms with Crippen LogP contribution in [0.4, 0.5) is 5.69 Å². The maximum absolute atomic E-state index is 12.2. The summed E-state index contributed by atoms with van der Waals surface area (Å²) in [7, 11) is 0. The van der Waals surface area contributed by atoms with Crippen molar-refractivity contribution in [2.45, 2.75) is 13.8 Å². The van der Waals surface area contributed by atoms with Crippen LogP contribution in [0.1, 0.15) is 34.0 Å². The van der Waals surface area contributed by atoms with Gasteiger partial charge in [0.05, 0.1) is 22.9 Å². The molecule has 0 atom stereocenters. The number of benzene rings is 3. The van der Waals surface area contributed by atoms with E-state index in [1.165, 1.54) is 24.3 Å². The minimum atomic E-state index is -0.942. The van der Waals surface area contributed by atoms with Crippen molar-refractivity contribution < 1.29 is 19.1 Å². The van der Waals surface area contributed by atoms with E-state index in [0.717, 1.165) is 5.56 Å². The normalized spacial score (nSPS) is 10.6. The van der Waals surface area contributed by atoms with Crippen molar-refractivity contribution in [3.8, 4) is 11.8 Å². The predicted molar refractivity (Wildman–Crippen MR) is 123 cm³/mol. The number of rotatable bonds is 5. The minimum Gasteiger partial charge on any atom is -0.423 e. The molecule has 0 aliphatic rings. The van der Waals surface area contributed by atoms with Gasteiger partial charge in [0.2, 0.25) is 0 Å². The largest absolute Gasteiger partial charge is 0.423 e. The van der Waals surface area contributed by atoms with Crippen LogP contribution in [0, 0.1) is 18.3 Å². The molecule has 2 N–H and O–H groups in total. The van der Waals surface area contributed by atoms with Crippen LogP contribution in [0.15, 0.2) is 77.9 Å². The van der Waals surface area contributed by atoms with Gasteiger partial charge >= 0.3 is 17.8 Å². The van der Waals surface area contributed by atoms with Gasteiger partial charge in [-0.25, -0.2) is 10.2 Å². The summed E-state index contributed by atoms with van der Waals surface area (Å²) in [5.41, 5.74) is 5.55. The number of nitrogens with one attached hydrogen (secondary N) is 2. The lowest BCUT2D eigenvalue weighted by Crippen LogP contribution is -2.32. The molecule has 0 aliphatic heterocycles. The summed E-state index contributed by atoms with van der Waals surface area (Å²) < 4.78 is 5.37. The molecule has 3 rings (SSSR count). The number of nitrogens with zero attached hydrogens (tertiary/aromatic N) is 2. The van der Waals surface area contributed by atoms with Gasteiger partial charge in [0.15, 0.2) is 0 Å². The molecule has 0 aromatic heterocycles. The number of nitriles is 1. The Morgan fingerprint density at radius 1 is 0.909 bits per heavy atom. The fourth-order valence-corrected chi connectivity index (χ4v) is 2.77. The number of carbonyl (C=O) groups is 3. The van der Waals surface area contributed by atoms with E-state index in [0.29, 0.717) is 33.8 Å². The van der Waals surface area contributed by atoms with Crippen molar-refractivity contribution in [1.29, 1.82) is 5.26 Å². The van der Waals surface area contributed by atoms with Crippen molar-refractivity contribution in [3.05, 3.63) is 95.1 Å². The van der Waals surface area contributed by atoms with Crippen LogP contribution in [-0.2, 0) is 9.59 Å². The van der Waals surface area contributed by atoms with Gasteiger partial charge in [-0.2, -0.15) is 10.4 Å². The quantitative estimate of drug-likeness (QED) is 0.207. The van der Waals surface area contributed by atoms with Crippen molar-refractivity contribution >= 4 is 29.2 Å². The summed E-state index contributed by atoms with van der Waals surface area (Å²) in [5.74, 6) is -1.93. The first-order chi connectivity index (χ1) is 15.9. The summed E-state index contributed by atoms with van der Waals surface area (Å²) in [5, 5.41) is 15.1. The molecule has 0 radical (unpaired) electrons. The van der Waals surface area contributed by atoms with Gasteiger partial charge in [-0.15, -0.1) is 0 Å². The van der Waals surface area contributed by atoms with E-state index in [1.807, 2.05) is 19.1 Å². The molecule has 0 aliphatic carbocycles. The summed E-state index contributed by atoms with van der Waals surface area (Å²) in [4.78, 5) is 36.2. The van der Waals surface area contributed by atoms with Gasteiger partial charge in [-0.3, -0.25) is 9.59 Å². The van der Waals surface area contributed by atoms with Crippen LogP contribution in [-0.4, -0.2) is 23.5 Å². The highest BCUT2D eigenvalue weighted by Gasteiger charge is 2.14. The van der Waals surface area contributed by atoms with Crippen LogP contribution in [0.3, 0.4) is 0 Å². The third kappa shape index (κ3) is 6.35. The molecule has 0 heterocycles. The van der Waals surface area contributed by atoms with E-state index in [2.05, 4.69) is 15.8 Å². The van der Waals surface area contributed by atoms with Crippen molar-refractivity contribution in [2.24, 2.45) is 5.10 Å². The first kappa shape index (κ1) is 22.9. The Bertz CT molecular complexity index is 1260. The summed E-state index contributed by atoms with van der Waals surface area (Å²) >= 11 is 0. The molecule has 0 fully saturated rings. The van der Waals surface area contributed by atoms with Gasteiger partial charge in [0, 0.05) is 5.69 Å². The number of amides is 2. The average molecular weight is 440 g/mol. The van der Waals surface area contributed by atoms with Gasteiger partial charge in [-0.1, -0.05) is 17.7 Å². The Balaban J connectivity index is 1.56. The fraction of sp³-hybridized carbons (Fsp3) is 0.0800. The monoisotopic (exact) mass is 440 g/mol. The topological polar surface area (TPSA) is 121 Å². The molecular weight excluding hydrogens is 420 g/mol. The molecule has 0 spiro atoms. The Morgan fingerprint density at radius 2 is 1.61 bits per heavy atom. The Hall–Kier alpha value is -4.77. The Morgan fingerprint density at radius 3 is 2.24 bits per heavy atom. The lowest BCUT2D eigenvalue weighted by molar-refractivity contribution is -0.136. The molecular formula is C25H20N4O4. The molecule has 164 valence electrons. The molecule has 3 aromatic carbocycles. The zero-order valence-corrected chi connectivity index (χ0v) is 18.0. The third-order valence-electron chi connectivity index (χ3n) is 4.54. The SMILES string of the molecule is C/C(=N\NC(=O)C(=O)Nc1ccc(C#N)cc1)c1ccc(OC(=O)c2cccc(C)c2)cc1. The van der Waals surface area contributed by atoms with Gasteiger partial charge in [0.1, 0.15) is 5.75 Å². The smallest absolute Gasteiger partial charge is 0.343 e. The minimum absolute atomic E-state index is 0.365. The van der Waals surface area contributed by atoms with Crippen LogP contribution in [0.5, 0.6) is 5.75 Å². The van der Waals surface area contributed by atoms with E-state index in [-0.39, 0.29) is 0 Å². The maximum atomic E-state index is 12.2. The standard InChI is InChI=1S/C25H20N4O4/c1-16-4-3-5-20(14-16)25(32)33-22-12-8-19(9-13-22)17(2)28-29-24(31)23(30)27-21-10-6-18(15-26)7-11-21/h3-14H,1-2H3,(H,27,30)(H,29,31)/b28-17+. The highest BCUT2D eigenvalue weighted by Crippen LogP contribution is 2.15. The Kier molecular flexibility index (Phi) is 7.29. The predicted octanol–water partition coefficient (Wildman–Crippen LogP) is 3.56. The number of aryl methyl sites for hydroxylation is 1. The lowest BCUT2D eigenvalue weighted by Gasteiger charge is -2.07.